The average molecular weight is 306 g/mol. The van der Waals surface area contributed by atoms with Crippen molar-refractivity contribution in [3.63, 3.8) is 0 Å². The van der Waals surface area contributed by atoms with E-state index >= 15 is 0 Å². The van der Waals surface area contributed by atoms with E-state index in [1.165, 1.54) is 38.5 Å². The fourth-order valence-electron chi connectivity index (χ4n) is 6.38. The number of nitrogens with two attached hydrogens (primary N) is 1. The van der Waals surface area contributed by atoms with Gasteiger partial charge in [0.15, 0.2) is 5.82 Å². The molecular weight excluding hydrogens is 282 g/mol. The number of anilines is 2. The number of aromatic nitrogens is 1. The number of nitrogens with zero attached hydrogens (tertiary/aromatic N) is 1. The van der Waals surface area contributed by atoms with Crippen LogP contribution in [0.4, 0.5) is 11.5 Å². The molecular formula is C17H24ClN3. The Morgan fingerprint density at radius 2 is 1.81 bits per heavy atom. The van der Waals surface area contributed by atoms with Crippen LogP contribution in [0.15, 0.2) is 12.1 Å². The zero-order valence-electron chi connectivity index (χ0n) is 12.9. The maximum Gasteiger partial charge on any atom is 0.151 e. The molecule has 0 radical (unpaired) electrons. The molecule has 4 aliphatic rings. The van der Waals surface area contributed by atoms with Crippen LogP contribution < -0.4 is 11.1 Å². The lowest BCUT2D eigenvalue weighted by Crippen LogP contribution is -2.61. The van der Waals surface area contributed by atoms with Crippen LogP contribution in [0.25, 0.3) is 0 Å². The normalized spacial score (nSPS) is 44.0. The Labute approximate surface area is 131 Å². The first-order valence-electron chi connectivity index (χ1n) is 7.99. The molecule has 2 atom stereocenters. The topological polar surface area (TPSA) is 50.9 Å². The molecule has 0 amide bonds. The molecule has 1 aromatic rings. The summed E-state index contributed by atoms with van der Waals surface area (Å²) in [6.45, 7) is 4.95. The van der Waals surface area contributed by atoms with Crippen LogP contribution in [0.2, 0.25) is 5.15 Å². The van der Waals surface area contributed by atoms with Gasteiger partial charge in [0.05, 0.1) is 5.69 Å². The minimum Gasteiger partial charge on any atom is -0.396 e. The highest BCUT2D eigenvalue weighted by Gasteiger charge is 2.60. The van der Waals surface area contributed by atoms with E-state index in [0.717, 1.165) is 11.7 Å². The predicted molar refractivity (Wildman–Crippen MR) is 87.4 cm³/mol. The van der Waals surface area contributed by atoms with Gasteiger partial charge in [-0.1, -0.05) is 25.4 Å². The second kappa shape index (κ2) is 4.07. The smallest absolute Gasteiger partial charge is 0.151 e. The van der Waals surface area contributed by atoms with Crippen molar-refractivity contribution < 1.29 is 0 Å². The molecule has 1 heterocycles. The van der Waals surface area contributed by atoms with E-state index in [9.17, 15) is 0 Å². The summed E-state index contributed by atoms with van der Waals surface area (Å²) in [6, 6.07) is 3.60. The molecule has 0 aliphatic heterocycles. The van der Waals surface area contributed by atoms with Gasteiger partial charge in [-0.15, -0.1) is 0 Å². The number of halogens is 1. The molecule has 4 heteroatoms. The van der Waals surface area contributed by atoms with Gasteiger partial charge in [0, 0.05) is 5.54 Å². The molecule has 2 unspecified atom stereocenters. The fourth-order valence-corrected chi connectivity index (χ4v) is 6.53. The Morgan fingerprint density at radius 3 is 2.43 bits per heavy atom. The van der Waals surface area contributed by atoms with E-state index in [-0.39, 0.29) is 5.54 Å². The molecule has 3 N–H and O–H groups in total. The van der Waals surface area contributed by atoms with Gasteiger partial charge in [0.25, 0.3) is 0 Å². The summed E-state index contributed by atoms with van der Waals surface area (Å²) >= 11 is 6.05. The molecule has 1 aromatic heterocycles. The van der Waals surface area contributed by atoms with Crippen LogP contribution in [0.3, 0.4) is 0 Å². The number of rotatable bonds is 2. The van der Waals surface area contributed by atoms with E-state index in [1.807, 2.05) is 6.07 Å². The van der Waals surface area contributed by atoms with Crippen LogP contribution in [-0.4, -0.2) is 10.5 Å². The molecule has 4 bridgehead atoms. The van der Waals surface area contributed by atoms with Crippen LogP contribution in [0, 0.1) is 16.7 Å². The lowest BCUT2D eigenvalue weighted by atomic mass is 9.43. The summed E-state index contributed by atoms with van der Waals surface area (Å²) in [5.41, 5.74) is 7.92. The molecule has 0 saturated heterocycles. The zero-order chi connectivity index (χ0) is 14.9. The Morgan fingerprint density at radius 1 is 1.14 bits per heavy atom. The molecule has 4 fully saturated rings. The fraction of sp³-hybridized carbons (Fsp3) is 0.706. The first-order chi connectivity index (χ1) is 9.79. The molecule has 4 saturated carbocycles. The van der Waals surface area contributed by atoms with Gasteiger partial charge in [0.2, 0.25) is 0 Å². The van der Waals surface area contributed by atoms with Crippen molar-refractivity contribution in [2.45, 2.75) is 57.9 Å². The van der Waals surface area contributed by atoms with Crippen LogP contribution in [-0.2, 0) is 0 Å². The third-order valence-corrected chi connectivity index (χ3v) is 6.11. The average Bonchev–Trinajstić information content (AvgIpc) is 2.28. The summed E-state index contributed by atoms with van der Waals surface area (Å²) < 4.78 is 0. The Hall–Kier alpha value is -0.960. The minimum absolute atomic E-state index is 0.161. The van der Waals surface area contributed by atoms with Gasteiger partial charge >= 0.3 is 0 Å². The monoisotopic (exact) mass is 305 g/mol. The highest BCUT2D eigenvalue weighted by molar-refractivity contribution is 6.29. The lowest BCUT2D eigenvalue weighted by Gasteiger charge is -2.65. The van der Waals surface area contributed by atoms with E-state index in [0.29, 0.717) is 21.7 Å². The second-order valence-electron chi connectivity index (χ2n) is 8.61. The number of pyridine rings is 1. The maximum absolute atomic E-state index is 6.10. The van der Waals surface area contributed by atoms with Gasteiger partial charge in [-0.25, -0.2) is 4.98 Å². The molecule has 21 heavy (non-hydrogen) atoms. The van der Waals surface area contributed by atoms with E-state index < -0.39 is 0 Å². The quantitative estimate of drug-likeness (QED) is 0.792. The van der Waals surface area contributed by atoms with Crippen molar-refractivity contribution in [2.24, 2.45) is 16.7 Å². The van der Waals surface area contributed by atoms with Gasteiger partial charge in [-0.2, -0.15) is 0 Å². The van der Waals surface area contributed by atoms with Crippen molar-refractivity contribution in [3.8, 4) is 0 Å². The molecule has 0 spiro atoms. The zero-order valence-corrected chi connectivity index (χ0v) is 13.6. The third-order valence-electron chi connectivity index (χ3n) is 5.90. The summed E-state index contributed by atoms with van der Waals surface area (Å²) in [5, 5.41) is 4.23. The number of hydrogen-bond acceptors (Lipinski definition) is 3. The first-order valence-corrected chi connectivity index (χ1v) is 8.37. The molecule has 114 valence electrons. The summed E-state index contributed by atoms with van der Waals surface area (Å²) in [7, 11) is 0. The van der Waals surface area contributed by atoms with E-state index in [2.05, 4.69) is 24.1 Å². The van der Waals surface area contributed by atoms with Crippen molar-refractivity contribution >= 4 is 23.1 Å². The van der Waals surface area contributed by atoms with Gasteiger partial charge in [-0.05, 0) is 67.4 Å². The van der Waals surface area contributed by atoms with E-state index in [1.54, 1.807) is 6.07 Å². The Balaban J connectivity index is 1.70. The Bertz CT molecular complexity index is 582. The lowest BCUT2D eigenvalue weighted by molar-refractivity contribution is -0.0973. The van der Waals surface area contributed by atoms with Crippen LogP contribution in [0.1, 0.15) is 52.4 Å². The van der Waals surface area contributed by atoms with Crippen molar-refractivity contribution in [1.82, 2.24) is 4.98 Å². The van der Waals surface area contributed by atoms with Gasteiger partial charge in [0.1, 0.15) is 5.15 Å². The van der Waals surface area contributed by atoms with Crippen LogP contribution >= 0.6 is 11.6 Å². The second-order valence-corrected chi connectivity index (χ2v) is 8.99. The number of hydrogen-bond donors (Lipinski definition) is 2. The molecule has 5 rings (SSSR count). The molecule has 0 aromatic carbocycles. The predicted octanol–water partition coefficient (Wildman–Crippen LogP) is 4.48. The SMILES string of the molecule is CC12CC3CC(C)(C1)CC(Nc1nc(Cl)ccc1N)(C3)C2. The summed E-state index contributed by atoms with van der Waals surface area (Å²) in [4.78, 5) is 4.42. The highest BCUT2D eigenvalue weighted by atomic mass is 35.5. The van der Waals surface area contributed by atoms with Crippen molar-refractivity contribution in [1.29, 1.82) is 0 Å². The Kier molecular flexibility index (Phi) is 2.65. The summed E-state index contributed by atoms with van der Waals surface area (Å²) in [5.74, 6) is 1.63. The highest BCUT2D eigenvalue weighted by Crippen LogP contribution is 2.66. The van der Waals surface area contributed by atoms with Crippen LogP contribution in [0.5, 0.6) is 0 Å². The van der Waals surface area contributed by atoms with Gasteiger partial charge < -0.3 is 11.1 Å². The number of nitrogens with one attached hydrogen (secondary N) is 1. The van der Waals surface area contributed by atoms with Crippen molar-refractivity contribution in [3.05, 3.63) is 17.3 Å². The number of nitrogen functional groups attached to an aromatic ring is 1. The standard InChI is InChI=1S/C17H24ClN3/c1-15-5-11-6-16(2,8-15)10-17(7-11,9-15)21-14-12(19)3-4-13(18)20-14/h3-4,11H,5-10,19H2,1-2H3,(H,20,21). The maximum atomic E-state index is 6.10. The van der Waals surface area contributed by atoms with E-state index in [4.69, 9.17) is 17.3 Å². The van der Waals surface area contributed by atoms with Crippen molar-refractivity contribution in [2.75, 3.05) is 11.1 Å². The third kappa shape index (κ3) is 2.21. The first kappa shape index (κ1) is 13.7. The molecule has 4 aliphatic carbocycles. The minimum atomic E-state index is 0.161. The van der Waals surface area contributed by atoms with Gasteiger partial charge in [-0.3, -0.25) is 0 Å². The largest absolute Gasteiger partial charge is 0.396 e. The summed E-state index contributed by atoms with van der Waals surface area (Å²) in [6.07, 6.45) is 7.89. The molecule has 3 nitrogen and oxygen atoms in total.